The summed E-state index contributed by atoms with van der Waals surface area (Å²) in [6, 6.07) is 0. The van der Waals surface area contributed by atoms with Crippen molar-refractivity contribution in [1.82, 2.24) is 0 Å². The molecule has 1 aliphatic carbocycles. The van der Waals surface area contributed by atoms with Crippen molar-refractivity contribution in [3.05, 3.63) is 0 Å². The van der Waals surface area contributed by atoms with Crippen LogP contribution in [0.1, 0.15) is 32.6 Å². The van der Waals surface area contributed by atoms with Gasteiger partial charge in [0.2, 0.25) is 0 Å². The average molecular weight is 176 g/mol. The van der Waals surface area contributed by atoms with E-state index in [-0.39, 0.29) is 0 Å². The zero-order valence-corrected chi connectivity index (χ0v) is 7.51. The summed E-state index contributed by atoms with van der Waals surface area (Å²) in [6.07, 6.45) is 4.64. The van der Waals surface area contributed by atoms with Crippen LogP contribution in [-0.4, -0.2) is 10.4 Å². The van der Waals surface area contributed by atoms with Crippen LogP contribution in [0.2, 0.25) is 0 Å². The number of nitrogens with zero attached hydrogens (tertiary/aromatic N) is 1. The van der Waals surface area contributed by atoms with E-state index in [0.717, 1.165) is 18.8 Å². The third-order valence-corrected chi connectivity index (χ3v) is 2.75. The lowest BCUT2D eigenvalue weighted by Gasteiger charge is -2.24. The van der Waals surface area contributed by atoms with Gasteiger partial charge < -0.3 is 5.21 Å². The molecule has 64 valence electrons. The first-order valence-corrected chi connectivity index (χ1v) is 4.49. The van der Waals surface area contributed by atoms with E-state index in [2.05, 4.69) is 12.1 Å². The molecule has 0 aliphatic heterocycles. The lowest BCUT2D eigenvalue weighted by Crippen LogP contribution is -2.18. The Bertz CT molecular complexity index is 158. The molecular weight excluding hydrogens is 162 g/mol. The van der Waals surface area contributed by atoms with Crippen LogP contribution in [0.3, 0.4) is 0 Å². The Labute approximate surface area is 72.2 Å². The number of rotatable bonds is 1. The Morgan fingerprint density at radius 1 is 1.55 bits per heavy atom. The van der Waals surface area contributed by atoms with Crippen LogP contribution in [0.15, 0.2) is 5.16 Å². The molecule has 0 spiro atoms. The minimum Gasteiger partial charge on any atom is -0.410 e. The smallest absolute Gasteiger partial charge is 0.148 e. The Morgan fingerprint density at radius 2 is 2.27 bits per heavy atom. The molecule has 0 amide bonds. The van der Waals surface area contributed by atoms with Crippen molar-refractivity contribution in [1.29, 1.82) is 0 Å². The molecule has 2 nitrogen and oxygen atoms in total. The summed E-state index contributed by atoms with van der Waals surface area (Å²) in [5.74, 6) is 1.04. The second kappa shape index (κ2) is 3.96. The molecule has 0 aromatic rings. The summed E-state index contributed by atoms with van der Waals surface area (Å²) in [6.45, 7) is 2.22. The summed E-state index contributed by atoms with van der Waals surface area (Å²) >= 11 is 5.71. The third kappa shape index (κ3) is 2.37. The number of hydrogen-bond acceptors (Lipinski definition) is 2. The van der Waals surface area contributed by atoms with Gasteiger partial charge in [0, 0.05) is 5.92 Å². The molecule has 0 aromatic heterocycles. The van der Waals surface area contributed by atoms with Crippen molar-refractivity contribution in [2.45, 2.75) is 32.6 Å². The van der Waals surface area contributed by atoms with E-state index in [9.17, 15) is 0 Å². The van der Waals surface area contributed by atoms with Crippen molar-refractivity contribution in [3.63, 3.8) is 0 Å². The van der Waals surface area contributed by atoms with Gasteiger partial charge in [0.1, 0.15) is 5.17 Å². The lowest BCUT2D eigenvalue weighted by atomic mass is 9.83. The molecule has 3 heteroatoms. The highest BCUT2D eigenvalue weighted by atomic mass is 35.5. The fourth-order valence-corrected chi connectivity index (χ4v) is 1.93. The van der Waals surface area contributed by atoms with Crippen molar-refractivity contribution in [2.75, 3.05) is 0 Å². The van der Waals surface area contributed by atoms with Gasteiger partial charge in [-0.25, -0.2) is 0 Å². The Kier molecular flexibility index (Phi) is 3.18. The van der Waals surface area contributed by atoms with Crippen molar-refractivity contribution < 1.29 is 5.21 Å². The summed E-state index contributed by atoms with van der Waals surface area (Å²) in [5, 5.41) is 11.8. The van der Waals surface area contributed by atoms with Crippen LogP contribution in [0, 0.1) is 11.8 Å². The molecule has 0 bridgehead atoms. The zero-order valence-electron chi connectivity index (χ0n) is 6.76. The van der Waals surface area contributed by atoms with Gasteiger partial charge in [-0.05, 0) is 18.8 Å². The molecule has 0 heterocycles. The van der Waals surface area contributed by atoms with Crippen LogP contribution < -0.4 is 0 Å². The minimum atomic E-state index is 0.311. The van der Waals surface area contributed by atoms with E-state index in [1.807, 2.05) is 0 Å². The van der Waals surface area contributed by atoms with Gasteiger partial charge in [-0.15, -0.1) is 0 Å². The predicted octanol–water partition coefficient (Wildman–Crippen LogP) is 2.84. The first-order valence-electron chi connectivity index (χ1n) is 4.11. The molecule has 1 saturated carbocycles. The predicted molar refractivity (Wildman–Crippen MR) is 46.2 cm³/mol. The summed E-state index contributed by atoms with van der Waals surface area (Å²) in [7, 11) is 0. The van der Waals surface area contributed by atoms with Crippen molar-refractivity contribution in [2.24, 2.45) is 17.0 Å². The topological polar surface area (TPSA) is 32.6 Å². The maximum Gasteiger partial charge on any atom is 0.148 e. The number of hydrogen-bond donors (Lipinski definition) is 1. The molecule has 1 aliphatic rings. The van der Waals surface area contributed by atoms with Gasteiger partial charge in [0.05, 0.1) is 0 Å². The van der Waals surface area contributed by atoms with E-state index < -0.39 is 0 Å². The Morgan fingerprint density at radius 3 is 2.82 bits per heavy atom. The molecule has 1 fully saturated rings. The van der Waals surface area contributed by atoms with E-state index in [1.54, 1.807) is 0 Å². The number of halogens is 1. The minimum absolute atomic E-state index is 0.311. The van der Waals surface area contributed by atoms with Gasteiger partial charge in [-0.3, -0.25) is 0 Å². The lowest BCUT2D eigenvalue weighted by molar-refractivity contribution is 0.301. The van der Waals surface area contributed by atoms with E-state index in [0.29, 0.717) is 11.1 Å². The first-order chi connectivity index (χ1) is 5.24. The van der Waals surface area contributed by atoms with E-state index >= 15 is 0 Å². The molecular formula is C8H14ClNO. The summed E-state index contributed by atoms with van der Waals surface area (Å²) in [5.41, 5.74) is 0. The molecule has 1 rings (SSSR count). The SMILES string of the molecule is CC1CCCC(C(Cl)=NO)C1. The highest BCUT2D eigenvalue weighted by Crippen LogP contribution is 2.30. The Hall–Kier alpha value is -0.240. The molecule has 2 unspecified atom stereocenters. The second-order valence-electron chi connectivity index (χ2n) is 3.39. The maximum atomic E-state index is 8.43. The largest absolute Gasteiger partial charge is 0.410 e. The van der Waals surface area contributed by atoms with Crippen LogP contribution in [-0.2, 0) is 0 Å². The number of oxime groups is 1. The standard InChI is InChI=1S/C8H14ClNO/c1-6-3-2-4-7(5-6)8(9)10-11/h6-7,11H,2-5H2,1H3. The highest BCUT2D eigenvalue weighted by Gasteiger charge is 2.22. The fourth-order valence-electron chi connectivity index (χ4n) is 1.73. The quantitative estimate of drug-likeness (QED) is 0.371. The summed E-state index contributed by atoms with van der Waals surface area (Å²) < 4.78 is 0. The normalized spacial score (nSPS) is 33.8. The molecule has 0 saturated heterocycles. The van der Waals surface area contributed by atoms with Crippen LogP contribution in [0.4, 0.5) is 0 Å². The molecule has 2 atom stereocenters. The molecule has 11 heavy (non-hydrogen) atoms. The van der Waals surface area contributed by atoms with E-state index in [1.165, 1.54) is 12.8 Å². The molecule has 0 aromatic carbocycles. The average Bonchev–Trinajstić information content (AvgIpc) is 2.03. The second-order valence-corrected chi connectivity index (χ2v) is 3.78. The first kappa shape index (κ1) is 8.85. The van der Waals surface area contributed by atoms with Crippen molar-refractivity contribution >= 4 is 16.8 Å². The van der Waals surface area contributed by atoms with Crippen LogP contribution >= 0.6 is 11.6 Å². The van der Waals surface area contributed by atoms with Gasteiger partial charge in [0.25, 0.3) is 0 Å². The van der Waals surface area contributed by atoms with Gasteiger partial charge in [0.15, 0.2) is 0 Å². The summed E-state index contributed by atoms with van der Waals surface area (Å²) in [4.78, 5) is 0. The van der Waals surface area contributed by atoms with Crippen molar-refractivity contribution in [3.8, 4) is 0 Å². The van der Waals surface area contributed by atoms with Gasteiger partial charge in [-0.1, -0.05) is 36.5 Å². The Balaban J connectivity index is 2.46. The van der Waals surface area contributed by atoms with Crippen LogP contribution in [0.5, 0.6) is 0 Å². The third-order valence-electron chi connectivity index (χ3n) is 2.37. The van der Waals surface area contributed by atoms with Gasteiger partial charge >= 0.3 is 0 Å². The molecule has 1 N–H and O–H groups in total. The van der Waals surface area contributed by atoms with Crippen LogP contribution in [0.25, 0.3) is 0 Å². The van der Waals surface area contributed by atoms with Gasteiger partial charge in [-0.2, -0.15) is 0 Å². The monoisotopic (exact) mass is 175 g/mol. The fraction of sp³-hybridized carbons (Fsp3) is 0.875. The molecule has 0 radical (unpaired) electrons. The zero-order chi connectivity index (χ0) is 8.27. The maximum absolute atomic E-state index is 8.43. The van der Waals surface area contributed by atoms with E-state index in [4.69, 9.17) is 16.8 Å². The highest BCUT2D eigenvalue weighted by molar-refractivity contribution is 6.65.